The minimum absolute atomic E-state index is 0.584. The molecule has 0 saturated carbocycles. The second kappa shape index (κ2) is 7.28. The van der Waals surface area contributed by atoms with E-state index in [2.05, 4.69) is 30.8 Å². The zero-order valence-corrected chi connectivity index (χ0v) is 12.7. The Balaban J connectivity index is 1.70. The lowest BCUT2D eigenvalue weighted by atomic mass is 10.1. The zero-order valence-electron chi connectivity index (χ0n) is 12.7. The summed E-state index contributed by atoms with van der Waals surface area (Å²) in [5.41, 5.74) is 2.33. The van der Waals surface area contributed by atoms with Crippen LogP contribution in [0.4, 0.5) is 5.82 Å². The summed E-state index contributed by atoms with van der Waals surface area (Å²) < 4.78 is 7.08. The number of fused-ring (bicyclic) bond motifs is 1. The van der Waals surface area contributed by atoms with E-state index in [1.165, 1.54) is 5.56 Å². The number of aromatic nitrogens is 5. The Kier molecular flexibility index (Phi) is 4.92. The van der Waals surface area contributed by atoms with Crippen LogP contribution in [0.1, 0.15) is 17.1 Å². The molecule has 0 aliphatic carbocycles. The Morgan fingerprint density at radius 2 is 2.23 bits per heavy atom. The maximum Gasteiger partial charge on any atom is 0.152 e. The maximum absolute atomic E-state index is 5.10. The molecule has 0 aromatic carbocycles. The lowest BCUT2D eigenvalue weighted by molar-refractivity contribution is 0.186. The topological polar surface area (TPSA) is 89.8 Å². The van der Waals surface area contributed by atoms with Gasteiger partial charge in [0, 0.05) is 32.2 Å². The van der Waals surface area contributed by atoms with Gasteiger partial charge in [-0.05, 0) is 13.0 Å². The van der Waals surface area contributed by atoms with Gasteiger partial charge in [-0.15, -0.1) is 10.2 Å². The van der Waals surface area contributed by atoms with Crippen molar-refractivity contribution in [3.05, 3.63) is 29.7 Å². The van der Waals surface area contributed by atoms with Crippen molar-refractivity contribution in [3.8, 4) is 0 Å². The highest BCUT2D eigenvalue weighted by Gasteiger charge is 2.14. The molecule has 0 amide bonds. The van der Waals surface area contributed by atoms with E-state index in [4.69, 9.17) is 4.74 Å². The van der Waals surface area contributed by atoms with Crippen LogP contribution in [0.5, 0.6) is 0 Å². The van der Waals surface area contributed by atoms with Crippen molar-refractivity contribution in [2.75, 3.05) is 32.1 Å². The second-order valence-electron chi connectivity index (χ2n) is 5.18. The standard InChI is InChI=1S/C14H21N7O/c1-22-7-6-21-10-19-20-13(21)8-16-14-11-2-4-15-5-3-12(11)17-9-18-14/h9-10,15H,2-8H2,1H3,(H,16,17,18). The average molecular weight is 303 g/mol. The summed E-state index contributed by atoms with van der Waals surface area (Å²) in [7, 11) is 1.69. The normalized spacial score (nSPS) is 14.4. The number of anilines is 1. The van der Waals surface area contributed by atoms with Gasteiger partial charge in [0.1, 0.15) is 18.5 Å². The van der Waals surface area contributed by atoms with E-state index in [-0.39, 0.29) is 0 Å². The highest BCUT2D eigenvalue weighted by Crippen LogP contribution is 2.18. The molecule has 22 heavy (non-hydrogen) atoms. The van der Waals surface area contributed by atoms with Gasteiger partial charge in [0.2, 0.25) is 0 Å². The van der Waals surface area contributed by atoms with Gasteiger partial charge in [-0.25, -0.2) is 9.97 Å². The third-order valence-corrected chi connectivity index (χ3v) is 3.77. The molecule has 1 aliphatic heterocycles. The maximum atomic E-state index is 5.10. The molecule has 8 heteroatoms. The molecule has 8 nitrogen and oxygen atoms in total. The molecule has 0 spiro atoms. The summed E-state index contributed by atoms with van der Waals surface area (Å²) in [5.74, 6) is 1.77. The zero-order chi connectivity index (χ0) is 15.2. The molecule has 1 aliphatic rings. The van der Waals surface area contributed by atoms with Gasteiger partial charge < -0.3 is 19.9 Å². The summed E-state index contributed by atoms with van der Waals surface area (Å²) >= 11 is 0. The number of rotatable bonds is 6. The van der Waals surface area contributed by atoms with Gasteiger partial charge in [0.05, 0.1) is 18.8 Å². The molecule has 2 aromatic rings. The molecule has 2 aromatic heterocycles. The van der Waals surface area contributed by atoms with Crippen molar-refractivity contribution in [1.82, 2.24) is 30.0 Å². The Morgan fingerprint density at radius 1 is 1.32 bits per heavy atom. The first-order valence-corrected chi connectivity index (χ1v) is 7.51. The Hall–Kier alpha value is -2.06. The molecule has 0 saturated heterocycles. The molecule has 0 radical (unpaired) electrons. The number of ether oxygens (including phenoxy) is 1. The lowest BCUT2D eigenvalue weighted by Gasteiger charge is -2.12. The monoisotopic (exact) mass is 303 g/mol. The van der Waals surface area contributed by atoms with Crippen molar-refractivity contribution in [1.29, 1.82) is 0 Å². The summed E-state index contributed by atoms with van der Waals surface area (Å²) in [6.45, 7) is 3.89. The van der Waals surface area contributed by atoms with E-state index in [0.29, 0.717) is 13.2 Å². The third kappa shape index (κ3) is 3.40. The van der Waals surface area contributed by atoms with Crippen LogP contribution in [0.25, 0.3) is 0 Å². The van der Waals surface area contributed by atoms with Gasteiger partial charge in [0.25, 0.3) is 0 Å². The summed E-state index contributed by atoms with van der Waals surface area (Å²) in [6, 6.07) is 0. The van der Waals surface area contributed by atoms with E-state index < -0.39 is 0 Å². The van der Waals surface area contributed by atoms with Crippen LogP contribution in [-0.2, 0) is 30.7 Å². The number of nitrogens with zero attached hydrogens (tertiary/aromatic N) is 5. The Bertz CT molecular complexity index is 613. The fourth-order valence-electron chi connectivity index (χ4n) is 2.58. The number of hydrogen-bond donors (Lipinski definition) is 2. The first-order valence-electron chi connectivity index (χ1n) is 7.51. The Labute approximate surface area is 129 Å². The van der Waals surface area contributed by atoms with Gasteiger partial charge >= 0.3 is 0 Å². The van der Waals surface area contributed by atoms with E-state index >= 15 is 0 Å². The van der Waals surface area contributed by atoms with E-state index in [9.17, 15) is 0 Å². The van der Waals surface area contributed by atoms with Crippen LogP contribution in [0, 0.1) is 0 Å². The highest BCUT2D eigenvalue weighted by atomic mass is 16.5. The first kappa shape index (κ1) is 14.9. The minimum atomic E-state index is 0.584. The van der Waals surface area contributed by atoms with Crippen LogP contribution in [0.3, 0.4) is 0 Å². The van der Waals surface area contributed by atoms with Crippen LogP contribution in [0.2, 0.25) is 0 Å². The van der Waals surface area contributed by atoms with Crippen molar-refractivity contribution >= 4 is 5.82 Å². The molecule has 0 atom stereocenters. The van der Waals surface area contributed by atoms with Crippen LogP contribution >= 0.6 is 0 Å². The molecular weight excluding hydrogens is 282 g/mol. The van der Waals surface area contributed by atoms with Gasteiger partial charge in [-0.1, -0.05) is 0 Å². The number of methoxy groups -OCH3 is 1. The molecule has 0 unspecified atom stereocenters. The summed E-state index contributed by atoms with van der Waals surface area (Å²) in [5, 5.41) is 14.9. The molecule has 3 rings (SSSR count). The summed E-state index contributed by atoms with van der Waals surface area (Å²) in [6.07, 6.45) is 5.23. The van der Waals surface area contributed by atoms with E-state index in [1.54, 1.807) is 19.8 Å². The van der Waals surface area contributed by atoms with Gasteiger partial charge in [-0.3, -0.25) is 0 Å². The number of hydrogen-bond acceptors (Lipinski definition) is 7. The fraction of sp³-hybridized carbons (Fsp3) is 0.571. The first-order chi connectivity index (χ1) is 10.9. The number of nitrogens with one attached hydrogen (secondary N) is 2. The van der Waals surface area contributed by atoms with E-state index in [1.807, 2.05) is 4.57 Å². The smallest absolute Gasteiger partial charge is 0.152 e. The lowest BCUT2D eigenvalue weighted by Crippen LogP contribution is -2.16. The molecular formula is C14H21N7O. The van der Waals surface area contributed by atoms with Crippen LogP contribution in [-0.4, -0.2) is 51.5 Å². The summed E-state index contributed by atoms with van der Waals surface area (Å²) in [4.78, 5) is 8.79. The SMILES string of the molecule is COCCn1cnnc1CNc1ncnc2c1CCNCC2. The molecule has 0 fully saturated rings. The fourth-order valence-corrected chi connectivity index (χ4v) is 2.58. The third-order valence-electron chi connectivity index (χ3n) is 3.77. The van der Waals surface area contributed by atoms with Gasteiger partial charge in [-0.2, -0.15) is 0 Å². The van der Waals surface area contributed by atoms with Crippen molar-refractivity contribution in [2.45, 2.75) is 25.9 Å². The van der Waals surface area contributed by atoms with Crippen molar-refractivity contribution < 1.29 is 4.74 Å². The van der Waals surface area contributed by atoms with Gasteiger partial charge in [0.15, 0.2) is 5.82 Å². The molecule has 118 valence electrons. The van der Waals surface area contributed by atoms with Crippen molar-refractivity contribution in [3.63, 3.8) is 0 Å². The van der Waals surface area contributed by atoms with Crippen LogP contribution in [0.15, 0.2) is 12.7 Å². The second-order valence-corrected chi connectivity index (χ2v) is 5.18. The van der Waals surface area contributed by atoms with Crippen LogP contribution < -0.4 is 10.6 Å². The van der Waals surface area contributed by atoms with Crippen molar-refractivity contribution in [2.24, 2.45) is 0 Å². The predicted molar refractivity (Wildman–Crippen MR) is 81.5 cm³/mol. The largest absolute Gasteiger partial charge is 0.383 e. The molecule has 0 bridgehead atoms. The van der Waals surface area contributed by atoms with E-state index in [0.717, 1.165) is 49.8 Å². The highest BCUT2D eigenvalue weighted by molar-refractivity contribution is 5.46. The quantitative estimate of drug-likeness (QED) is 0.777. The Morgan fingerprint density at radius 3 is 3.14 bits per heavy atom. The molecule has 3 heterocycles. The average Bonchev–Trinajstić information content (AvgIpc) is 2.84. The minimum Gasteiger partial charge on any atom is -0.383 e. The molecule has 2 N–H and O–H groups in total. The predicted octanol–water partition coefficient (Wildman–Crippen LogP) is 0.0148.